The first kappa shape index (κ1) is 15.8. The van der Waals surface area contributed by atoms with E-state index in [0.717, 1.165) is 44.5 Å². The summed E-state index contributed by atoms with van der Waals surface area (Å²) in [6.07, 6.45) is -1.23. The van der Waals surface area contributed by atoms with E-state index >= 15 is 0 Å². The highest BCUT2D eigenvalue weighted by atomic mass is 19.4. The molecule has 1 N–H and O–H groups in total. The first-order chi connectivity index (χ1) is 9.95. The van der Waals surface area contributed by atoms with E-state index in [1.165, 1.54) is 12.1 Å². The van der Waals surface area contributed by atoms with E-state index < -0.39 is 11.7 Å². The quantitative estimate of drug-likeness (QED) is 0.909. The Balaban J connectivity index is 1.84. The molecule has 115 valence electrons. The summed E-state index contributed by atoms with van der Waals surface area (Å²) in [5.74, 6) is 0.172. The Morgan fingerprint density at radius 2 is 2.19 bits per heavy atom. The van der Waals surface area contributed by atoms with Crippen LogP contribution in [0, 0.1) is 5.92 Å². The Kier molecular flexibility index (Phi) is 5.22. The second-order valence-electron chi connectivity index (χ2n) is 5.30. The Morgan fingerprint density at radius 1 is 1.38 bits per heavy atom. The first-order valence-electron chi connectivity index (χ1n) is 7.05. The summed E-state index contributed by atoms with van der Waals surface area (Å²) in [5, 5.41) is 6.83. The van der Waals surface area contributed by atoms with Gasteiger partial charge in [0.15, 0.2) is 0 Å². The molecular formula is C15H18F3N2O. The van der Waals surface area contributed by atoms with Crippen LogP contribution in [0.15, 0.2) is 24.3 Å². The zero-order valence-electron chi connectivity index (χ0n) is 11.6. The van der Waals surface area contributed by atoms with Crippen LogP contribution in [-0.4, -0.2) is 19.0 Å². The lowest BCUT2D eigenvalue weighted by Gasteiger charge is -2.20. The van der Waals surface area contributed by atoms with Gasteiger partial charge in [-0.05, 0) is 43.4 Å². The number of nitrogens with zero attached hydrogens (tertiary/aromatic N) is 1. The Labute approximate surface area is 121 Å². The van der Waals surface area contributed by atoms with Gasteiger partial charge in [0, 0.05) is 25.2 Å². The van der Waals surface area contributed by atoms with E-state index in [1.54, 1.807) is 0 Å². The SMILES string of the molecule is O=C(CCC1CCC[N]C1)Nc1cccc(C(F)(F)F)c1. The number of carbonyl (C=O) groups excluding carboxylic acids is 1. The van der Waals surface area contributed by atoms with Crippen LogP contribution in [0.4, 0.5) is 18.9 Å². The van der Waals surface area contributed by atoms with Crippen molar-refractivity contribution in [2.45, 2.75) is 31.9 Å². The van der Waals surface area contributed by atoms with Crippen molar-refractivity contribution in [1.29, 1.82) is 0 Å². The molecule has 1 saturated heterocycles. The molecule has 6 heteroatoms. The van der Waals surface area contributed by atoms with Gasteiger partial charge in [0.1, 0.15) is 0 Å². The van der Waals surface area contributed by atoms with Crippen LogP contribution in [0.1, 0.15) is 31.2 Å². The van der Waals surface area contributed by atoms with Crippen LogP contribution in [0.5, 0.6) is 0 Å². The van der Waals surface area contributed by atoms with Gasteiger partial charge in [-0.15, -0.1) is 0 Å². The molecule has 1 radical (unpaired) electrons. The summed E-state index contributed by atoms with van der Waals surface area (Å²) in [6.45, 7) is 1.68. The zero-order valence-corrected chi connectivity index (χ0v) is 11.6. The molecule has 1 aromatic carbocycles. The summed E-state index contributed by atoms with van der Waals surface area (Å²) >= 11 is 0. The molecule has 1 atom stereocenters. The van der Waals surface area contributed by atoms with E-state index in [4.69, 9.17) is 0 Å². The molecular weight excluding hydrogens is 281 g/mol. The number of anilines is 1. The van der Waals surface area contributed by atoms with Gasteiger partial charge in [0.05, 0.1) is 5.56 Å². The van der Waals surface area contributed by atoms with Crippen LogP contribution in [-0.2, 0) is 11.0 Å². The third-order valence-corrected chi connectivity index (χ3v) is 3.57. The second-order valence-corrected chi connectivity index (χ2v) is 5.30. The molecule has 0 bridgehead atoms. The minimum Gasteiger partial charge on any atom is -0.326 e. The average Bonchev–Trinajstić information content (AvgIpc) is 2.46. The molecule has 1 fully saturated rings. The molecule has 2 rings (SSSR count). The number of hydrogen-bond acceptors (Lipinski definition) is 1. The number of piperidine rings is 1. The van der Waals surface area contributed by atoms with Gasteiger partial charge in [0.2, 0.25) is 5.91 Å². The molecule has 3 nitrogen and oxygen atoms in total. The Morgan fingerprint density at radius 3 is 2.86 bits per heavy atom. The molecule has 0 aliphatic carbocycles. The third-order valence-electron chi connectivity index (χ3n) is 3.57. The topological polar surface area (TPSA) is 43.2 Å². The van der Waals surface area contributed by atoms with Crippen LogP contribution in [0.2, 0.25) is 0 Å². The van der Waals surface area contributed by atoms with Gasteiger partial charge in [-0.3, -0.25) is 4.79 Å². The zero-order chi connectivity index (χ0) is 15.3. The Hall–Kier alpha value is -1.56. The van der Waals surface area contributed by atoms with E-state index in [9.17, 15) is 18.0 Å². The highest BCUT2D eigenvalue weighted by Gasteiger charge is 2.30. The number of carbonyl (C=O) groups is 1. The van der Waals surface area contributed by atoms with Gasteiger partial charge < -0.3 is 5.32 Å². The number of nitrogens with one attached hydrogen (secondary N) is 1. The number of benzene rings is 1. The van der Waals surface area contributed by atoms with Crippen molar-refractivity contribution >= 4 is 11.6 Å². The average molecular weight is 299 g/mol. The van der Waals surface area contributed by atoms with Crippen molar-refractivity contribution < 1.29 is 18.0 Å². The molecule has 1 amide bonds. The van der Waals surface area contributed by atoms with Gasteiger partial charge in [0.25, 0.3) is 0 Å². The lowest BCUT2D eigenvalue weighted by Crippen LogP contribution is -2.25. The number of rotatable bonds is 4. The molecule has 1 aromatic rings. The van der Waals surface area contributed by atoms with Crippen molar-refractivity contribution in [2.75, 3.05) is 18.4 Å². The van der Waals surface area contributed by atoms with Crippen LogP contribution in [0.25, 0.3) is 0 Å². The monoisotopic (exact) mass is 299 g/mol. The van der Waals surface area contributed by atoms with Gasteiger partial charge in [-0.2, -0.15) is 13.2 Å². The number of halogens is 3. The predicted molar refractivity (Wildman–Crippen MR) is 73.9 cm³/mol. The normalized spacial score (nSPS) is 19.3. The summed E-state index contributed by atoms with van der Waals surface area (Å²) in [5.41, 5.74) is -0.575. The minimum absolute atomic E-state index is 0.183. The lowest BCUT2D eigenvalue weighted by molar-refractivity contribution is -0.137. The summed E-state index contributed by atoms with van der Waals surface area (Å²) in [4.78, 5) is 11.8. The van der Waals surface area contributed by atoms with Crippen molar-refractivity contribution in [2.24, 2.45) is 5.92 Å². The highest BCUT2D eigenvalue weighted by Crippen LogP contribution is 2.30. The maximum absolute atomic E-state index is 12.6. The fourth-order valence-corrected chi connectivity index (χ4v) is 2.42. The van der Waals surface area contributed by atoms with Gasteiger partial charge in [-0.25, -0.2) is 5.32 Å². The minimum atomic E-state index is -4.40. The molecule has 21 heavy (non-hydrogen) atoms. The van der Waals surface area contributed by atoms with Gasteiger partial charge >= 0.3 is 6.18 Å². The number of amides is 1. The van der Waals surface area contributed by atoms with Crippen molar-refractivity contribution in [3.05, 3.63) is 29.8 Å². The van der Waals surface area contributed by atoms with Crippen LogP contribution in [0.3, 0.4) is 0 Å². The van der Waals surface area contributed by atoms with Crippen molar-refractivity contribution in [3.63, 3.8) is 0 Å². The summed E-state index contributed by atoms with van der Waals surface area (Å²) < 4.78 is 37.7. The molecule has 1 unspecified atom stereocenters. The highest BCUT2D eigenvalue weighted by molar-refractivity contribution is 5.90. The molecule has 1 aliphatic heterocycles. The first-order valence-corrected chi connectivity index (χ1v) is 7.05. The van der Waals surface area contributed by atoms with Crippen molar-refractivity contribution in [3.8, 4) is 0 Å². The molecule has 0 aromatic heterocycles. The van der Waals surface area contributed by atoms with E-state index in [0.29, 0.717) is 12.3 Å². The fraction of sp³-hybridized carbons (Fsp3) is 0.533. The predicted octanol–water partition coefficient (Wildman–Crippen LogP) is 3.44. The second kappa shape index (κ2) is 6.93. The van der Waals surface area contributed by atoms with E-state index in [-0.39, 0.29) is 11.6 Å². The van der Waals surface area contributed by atoms with Crippen molar-refractivity contribution in [1.82, 2.24) is 5.32 Å². The largest absolute Gasteiger partial charge is 0.416 e. The summed E-state index contributed by atoms with van der Waals surface area (Å²) in [6, 6.07) is 4.69. The third kappa shape index (κ3) is 5.04. The maximum Gasteiger partial charge on any atom is 0.416 e. The summed E-state index contributed by atoms with van der Waals surface area (Å²) in [7, 11) is 0. The smallest absolute Gasteiger partial charge is 0.326 e. The van der Waals surface area contributed by atoms with E-state index in [1.807, 2.05) is 0 Å². The fourth-order valence-electron chi connectivity index (χ4n) is 2.42. The van der Waals surface area contributed by atoms with Crippen LogP contribution >= 0.6 is 0 Å². The van der Waals surface area contributed by atoms with Gasteiger partial charge in [-0.1, -0.05) is 6.07 Å². The Bertz CT molecular complexity index is 482. The van der Waals surface area contributed by atoms with E-state index in [2.05, 4.69) is 10.6 Å². The molecule has 0 saturated carbocycles. The maximum atomic E-state index is 12.6. The molecule has 1 heterocycles. The lowest BCUT2D eigenvalue weighted by atomic mass is 9.94. The number of hydrogen-bond donors (Lipinski definition) is 1. The standard InChI is InChI=1S/C15H18F3N2O/c16-15(17,18)12-4-1-5-13(9-12)20-14(21)7-6-11-3-2-8-19-10-11/h1,4-5,9,11H,2-3,6-8,10H2,(H,20,21). The molecule has 0 spiro atoms. The van der Waals surface area contributed by atoms with Crippen LogP contribution < -0.4 is 10.6 Å². The molecule has 1 aliphatic rings. The number of alkyl halides is 3.